The quantitative estimate of drug-likeness (QED) is 0.626. The molecule has 0 saturated heterocycles. The summed E-state index contributed by atoms with van der Waals surface area (Å²) in [6, 6.07) is 0. The zero-order chi connectivity index (χ0) is 14.1. The van der Waals surface area contributed by atoms with E-state index in [1.54, 1.807) is 0 Å². The fraction of sp³-hybridized carbons (Fsp3) is 0.455. The Labute approximate surface area is 115 Å². The number of rotatable bonds is 3. The summed E-state index contributed by atoms with van der Waals surface area (Å²) in [5, 5.41) is 0.515. The monoisotopic (exact) mass is 334 g/mol. The van der Waals surface area contributed by atoms with Crippen LogP contribution in [-0.4, -0.2) is 34.2 Å². The molecular weight excluding hydrogens is 320 g/mol. The first-order valence-corrected chi connectivity index (χ1v) is 9.52. The lowest BCUT2D eigenvalue weighted by molar-refractivity contribution is 0.0556. The van der Waals surface area contributed by atoms with Gasteiger partial charge in [-0.15, -0.1) is 0 Å². The van der Waals surface area contributed by atoms with E-state index < -0.39 is 20.0 Å². The van der Waals surface area contributed by atoms with Gasteiger partial charge in [-0.3, -0.25) is 0 Å². The Morgan fingerprint density at radius 1 is 1.06 bits per heavy atom. The third-order valence-electron chi connectivity index (χ3n) is 2.33. The van der Waals surface area contributed by atoms with Crippen LogP contribution in [0.5, 0.6) is 0 Å². The van der Waals surface area contributed by atoms with Crippen LogP contribution < -0.4 is 5.38 Å². The molecule has 0 N–H and O–H groups in total. The molecule has 0 aliphatic heterocycles. The summed E-state index contributed by atoms with van der Waals surface area (Å²) in [4.78, 5) is 23.6. The van der Waals surface area contributed by atoms with Crippen LogP contribution in [0.15, 0.2) is 9.09 Å². The van der Waals surface area contributed by atoms with Crippen molar-refractivity contribution in [3.8, 4) is 0 Å². The average Bonchev–Trinajstić information content (AvgIpc) is 2.64. The van der Waals surface area contributed by atoms with Crippen molar-refractivity contribution in [1.82, 2.24) is 0 Å². The lowest BCUT2D eigenvalue weighted by Gasteiger charge is -2.14. The number of furan rings is 1. The van der Waals surface area contributed by atoms with E-state index in [-0.39, 0.29) is 15.8 Å². The summed E-state index contributed by atoms with van der Waals surface area (Å²) in [5.41, 5.74) is 0.247. The maximum absolute atomic E-state index is 11.8. The molecule has 0 unspecified atom stereocenters. The van der Waals surface area contributed by atoms with Crippen molar-refractivity contribution in [2.24, 2.45) is 0 Å². The van der Waals surface area contributed by atoms with Crippen LogP contribution in [0.1, 0.15) is 20.7 Å². The minimum atomic E-state index is -1.93. The van der Waals surface area contributed by atoms with Crippen molar-refractivity contribution in [1.29, 1.82) is 0 Å². The van der Waals surface area contributed by atoms with Gasteiger partial charge < -0.3 is 13.9 Å². The molecule has 0 radical (unpaired) electrons. The fourth-order valence-corrected chi connectivity index (χ4v) is 3.57. The molecule has 0 amide bonds. The van der Waals surface area contributed by atoms with E-state index in [4.69, 9.17) is 9.15 Å². The highest BCUT2D eigenvalue weighted by molar-refractivity contribution is 9.10. The molecule has 0 fully saturated rings. The normalized spacial score (nSPS) is 11.2. The number of halogens is 1. The predicted octanol–water partition coefficient (Wildman–Crippen LogP) is 2.16. The second kappa shape index (κ2) is 5.27. The zero-order valence-electron chi connectivity index (χ0n) is 10.9. The summed E-state index contributed by atoms with van der Waals surface area (Å²) in [7, 11) is 0.578. The van der Waals surface area contributed by atoms with Crippen LogP contribution >= 0.6 is 15.9 Å². The van der Waals surface area contributed by atoms with Crippen molar-refractivity contribution in [2.45, 2.75) is 19.6 Å². The topological polar surface area (TPSA) is 65.7 Å². The van der Waals surface area contributed by atoms with E-state index in [0.29, 0.717) is 5.38 Å². The van der Waals surface area contributed by atoms with E-state index in [9.17, 15) is 9.59 Å². The number of esters is 2. The van der Waals surface area contributed by atoms with Gasteiger partial charge in [0.15, 0.2) is 4.67 Å². The Balaban J connectivity index is 3.57. The molecule has 0 bridgehead atoms. The van der Waals surface area contributed by atoms with Crippen LogP contribution in [0.3, 0.4) is 0 Å². The first kappa shape index (κ1) is 15.0. The number of ether oxygens (including phenoxy) is 2. The van der Waals surface area contributed by atoms with Gasteiger partial charge in [0, 0.05) is 0 Å². The van der Waals surface area contributed by atoms with Gasteiger partial charge in [0.2, 0.25) is 0 Å². The maximum atomic E-state index is 11.8. The number of carbonyl (C=O) groups is 2. The van der Waals surface area contributed by atoms with Gasteiger partial charge in [-0.1, -0.05) is 19.6 Å². The fourth-order valence-electron chi connectivity index (χ4n) is 1.51. The Morgan fingerprint density at radius 3 is 1.89 bits per heavy atom. The third-order valence-corrected chi connectivity index (χ3v) is 4.60. The number of carbonyl (C=O) groups excluding carboxylic acids is 2. The van der Waals surface area contributed by atoms with Crippen molar-refractivity contribution >= 4 is 41.3 Å². The van der Waals surface area contributed by atoms with Crippen molar-refractivity contribution in [2.75, 3.05) is 14.2 Å². The maximum Gasteiger partial charge on any atom is 0.343 e. The zero-order valence-corrected chi connectivity index (χ0v) is 13.5. The molecule has 100 valence electrons. The molecule has 0 aliphatic rings. The highest BCUT2D eigenvalue weighted by Gasteiger charge is 2.36. The molecule has 0 spiro atoms. The average molecular weight is 335 g/mol. The highest BCUT2D eigenvalue weighted by Crippen LogP contribution is 2.25. The molecule has 5 nitrogen and oxygen atoms in total. The first-order valence-electron chi connectivity index (χ1n) is 5.23. The second-order valence-electron chi connectivity index (χ2n) is 4.69. The smallest absolute Gasteiger partial charge is 0.343 e. The molecule has 1 rings (SSSR count). The summed E-state index contributed by atoms with van der Waals surface area (Å²) in [6.07, 6.45) is 0. The Hall–Kier alpha value is -1.08. The van der Waals surface area contributed by atoms with Gasteiger partial charge in [0.1, 0.15) is 19.2 Å². The molecule has 0 saturated carbocycles. The van der Waals surface area contributed by atoms with Crippen LogP contribution in [-0.2, 0) is 9.47 Å². The number of methoxy groups -OCH3 is 2. The molecule has 1 heterocycles. The summed E-state index contributed by atoms with van der Waals surface area (Å²) >= 11 is 3.15. The summed E-state index contributed by atoms with van der Waals surface area (Å²) in [6.45, 7) is 6.02. The lowest BCUT2D eigenvalue weighted by atomic mass is 10.2. The number of hydrogen-bond donors (Lipinski definition) is 0. The predicted molar refractivity (Wildman–Crippen MR) is 72.1 cm³/mol. The molecule has 0 aromatic carbocycles. The van der Waals surface area contributed by atoms with E-state index in [1.165, 1.54) is 14.2 Å². The van der Waals surface area contributed by atoms with E-state index in [0.717, 1.165) is 0 Å². The number of hydrogen-bond acceptors (Lipinski definition) is 5. The lowest BCUT2D eigenvalue weighted by Crippen LogP contribution is -2.40. The van der Waals surface area contributed by atoms with Crippen molar-refractivity contribution in [3.63, 3.8) is 0 Å². The SMILES string of the molecule is COC(=O)c1c(Br)oc([Si](C)(C)C)c1C(=O)OC. The standard InChI is InChI=1S/C11H15BrO5Si/c1-15-9(13)6-7(10(14)16-2)11(17-8(6)12)18(3,4)5/h1-5H3. The molecule has 0 aliphatic carbocycles. The first-order chi connectivity index (χ1) is 8.23. The van der Waals surface area contributed by atoms with E-state index in [1.807, 2.05) is 19.6 Å². The Morgan fingerprint density at radius 2 is 1.50 bits per heavy atom. The van der Waals surface area contributed by atoms with Crippen molar-refractivity contribution < 1.29 is 23.5 Å². The van der Waals surface area contributed by atoms with Gasteiger partial charge in [-0.05, 0) is 15.9 Å². The van der Waals surface area contributed by atoms with Crippen LogP contribution in [0.4, 0.5) is 0 Å². The van der Waals surface area contributed by atoms with Crippen molar-refractivity contribution in [3.05, 3.63) is 15.8 Å². The van der Waals surface area contributed by atoms with Gasteiger partial charge in [-0.25, -0.2) is 9.59 Å². The molecule has 7 heteroatoms. The second-order valence-corrected chi connectivity index (χ2v) is 10.4. The van der Waals surface area contributed by atoms with Gasteiger partial charge >= 0.3 is 11.9 Å². The van der Waals surface area contributed by atoms with E-state index in [2.05, 4.69) is 20.7 Å². The third kappa shape index (κ3) is 2.67. The summed E-state index contributed by atoms with van der Waals surface area (Å²) < 4.78 is 15.1. The summed E-state index contributed by atoms with van der Waals surface area (Å²) in [5.74, 6) is -1.22. The van der Waals surface area contributed by atoms with Crippen LogP contribution in [0, 0.1) is 0 Å². The molecular formula is C11H15BrO5Si. The van der Waals surface area contributed by atoms with Gasteiger partial charge in [-0.2, -0.15) is 0 Å². The van der Waals surface area contributed by atoms with Gasteiger partial charge in [0.25, 0.3) is 0 Å². The highest BCUT2D eigenvalue weighted by atomic mass is 79.9. The van der Waals surface area contributed by atoms with E-state index >= 15 is 0 Å². The van der Waals surface area contributed by atoms with Crippen LogP contribution in [0.2, 0.25) is 19.6 Å². The van der Waals surface area contributed by atoms with Gasteiger partial charge in [0.05, 0.1) is 19.6 Å². The minimum Gasteiger partial charge on any atom is -0.465 e. The Bertz CT molecular complexity index is 486. The Kier molecular flexibility index (Phi) is 4.39. The molecule has 0 atom stereocenters. The molecule has 1 aromatic heterocycles. The largest absolute Gasteiger partial charge is 0.465 e. The molecule has 1 aromatic rings. The minimum absolute atomic E-state index is 0.0850. The molecule has 18 heavy (non-hydrogen) atoms. The van der Waals surface area contributed by atoms with Crippen LogP contribution in [0.25, 0.3) is 0 Å².